The summed E-state index contributed by atoms with van der Waals surface area (Å²) in [5.41, 5.74) is 4.69. The molecule has 0 fully saturated rings. The zero-order valence-corrected chi connectivity index (χ0v) is 9.92. The lowest BCUT2D eigenvalue weighted by Crippen LogP contribution is -2.41. The molecule has 0 aliphatic carbocycles. The maximum Gasteiger partial charge on any atom is 0.331 e. The van der Waals surface area contributed by atoms with Crippen LogP contribution in [-0.4, -0.2) is 15.0 Å². The molecule has 2 rings (SSSR count). The van der Waals surface area contributed by atoms with Crippen molar-refractivity contribution in [1.29, 1.82) is 0 Å². The second-order valence-corrected chi connectivity index (χ2v) is 3.90. The van der Waals surface area contributed by atoms with Gasteiger partial charge < -0.3 is 5.73 Å². The van der Waals surface area contributed by atoms with Gasteiger partial charge in [0.2, 0.25) is 5.91 Å². The summed E-state index contributed by atoms with van der Waals surface area (Å²) >= 11 is 0. The molecule has 0 aliphatic rings. The summed E-state index contributed by atoms with van der Waals surface area (Å²) in [6, 6.07) is 6.67. The normalized spacial score (nSPS) is 10.7. The van der Waals surface area contributed by atoms with Crippen LogP contribution in [0.5, 0.6) is 0 Å². The van der Waals surface area contributed by atoms with Crippen molar-refractivity contribution in [2.24, 2.45) is 5.73 Å². The number of para-hydroxylation sites is 1. The number of carbonyl (C=O) groups is 1. The molecule has 0 unspecified atom stereocenters. The molecule has 0 radical (unpaired) electrons. The van der Waals surface area contributed by atoms with Gasteiger partial charge in [0.15, 0.2) is 0 Å². The molecule has 1 heterocycles. The molecule has 18 heavy (non-hydrogen) atoms. The van der Waals surface area contributed by atoms with E-state index in [-0.39, 0.29) is 18.6 Å². The first-order valence-corrected chi connectivity index (χ1v) is 5.57. The van der Waals surface area contributed by atoms with Crippen molar-refractivity contribution < 1.29 is 4.79 Å². The minimum Gasteiger partial charge on any atom is -0.368 e. The Bertz CT molecular complexity index is 727. The van der Waals surface area contributed by atoms with Gasteiger partial charge in [-0.25, -0.2) is 4.79 Å². The Labute approximate surface area is 102 Å². The zero-order chi connectivity index (χ0) is 13.3. The SMILES string of the molecule is CCn1c(=O)c2ccccc2n(CC(N)=O)c1=O. The lowest BCUT2D eigenvalue weighted by molar-refractivity contribution is -0.118. The van der Waals surface area contributed by atoms with Crippen molar-refractivity contribution in [3.63, 3.8) is 0 Å². The van der Waals surface area contributed by atoms with Crippen molar-refractivity contribution in [3.05, 3.63) is 45.1 Å². The Morgan fingerprint density at radius 2 is 1.89 bits per heavy atom. The molecule has 6 heteroatoms. The number of fused-ring (bicyclic) bond motifs is 1. The molecule has 1 aromatic carbocycles. The molecule has 0 bridgehead atoms. The third kappa shape index (κ3) is 1.81. The second kappa shape index (κ2) is 4.48. The van der Waals surface area contributed by atoms with Gasteiger partial charge in [-0.05, 0) is 19.1 Å². The fraction of sp³-hybridized carbons (Fsp3) is 0.250. The number of carbonyl (C=O) groups excluding carboxylic acids is 1. The minimum atomic E-state index is -0.622. The topological polar surface area (TPSA) is 87.1 Å². The number of rotatable bonds is 3. The molecule has 6 nitrogen and oxygen atoms in total. The largest absolute Gasteiger partial charge is 0.368 e. The average Bonchev–Trinajstić information content (AvgIpc) is 2.35. The molecule has 0 aliphatic heterocycles. The molecule has 0 saturated heterocycles. The van der Waals surface area contributed by atoms with Gasteiger partial charge in [0.05, 0.1) is 10.9 Å². The van der Waals surface area contributed by atoms with Crippen LogP contribution in [0.2, 0.25) is 0 Å². The number of hydrogen-bond acceptors (Lipinski definition) is 3. The summed E-state index contributed by atoms with van der Waals surface area (Å²) in [6.07, 6.45) is 0. The highest BCUT2D eigenvalue weighted by Gasteiger charge is 2.12. The zero-order valence-electron chi connectivity index (χ0n) is 9.92. The van der Waals surface area contributed by atoms with Gasteiger partial charge in [-0.3, -0.25) is 18.7 Å². The van der Waals surface area contributed by atoms with Gasteiger partial charge in [0.25, 0.3) is 5.56 Å². The quantitative estimate of drug-likeness (QED) is 0.805. The van der Waals surface area contributed by atoms with Gasteiger partial charge in [-0.15, -0.1) is 0 Å². The fourth-order valence-corrected chi connectivity index (χ4v) is 1.96. The maximum absolute atomic E-state index is 12.1. The van der Waals surface area contributed by atoms with Crippen molar-refractivity contribution in [3.8, 4) is 0 Å². The van der Waals surface area contributed by atoms with Crippen LogP contribution in [0.25, 0.3) is 10.9 Å². The Hall–Kier alpha value is -2.37. The van der Waals surface area contributed by atoms with Gasteiger partial charge in [-0.2, -0.15) is 0 Å². The number of primary amides is 1. The summed E-state index contributed by atoms with van der Waals surface area (Å²) in [5.74, 6) is -0.622. The number of nitrogens with zero attached hydrogens (tertiary/aromatic N) is 2. The molecule has 2 aromatic rings. The van der Waals surface area contributed by atoms with Gasteiger partial charge in [0.1, 0.15) is 6.54 Å². The van der Waals surface area contributed by atoms with E-state index in [9.17, 15) is 14.4 Å². The van der Waals surface area contributed by atoms with Crippen LogP contribution in [0.3, 0.4) is 0 Å². The van der Waals surface area contributed by atoms with Crippen LogP contribution in [0, 0.1) is 0 Å². The molecular weight excluding hydrogens is 234 g/mol. The summed E-state index contributed by atoms with van der Waals surface area (Å²) in [7, 11) is 0. The van der Waals surface area contributed by atoms with E-state index >= 15 is 0 Å². The minimum absolute atomic E-state index is 0.236. The summed E-state index contributed by atoms with van der Waals surface area (Å²) in [4.78, 5) is 35.2. The lowest BCUT2D eigenvalue weighted by atomic mass is 10.2. The van der Waals surface area contributed by atoms with Crippen molar-refractivity contribution in [1.82, 2.24) is 9.13 Å². The van der Waals surface area contributed by atoms with E-state index in [1.165, 1.54) is 4.57 Å². The third-order valence-electron chi connectivity index (χ3n) is 2.76. The van der Waals surface area contributed by atoms with Gasteiger partial charge >= 0.3 is 5.69 Å². The summed E-state index contributed by atoms with van der Waals surface area (Å²) in [6.45, 7) is 1.72. The first-order chi connectivity index (χ1) is 8.56. The van der Waals surface area contributed by atoms with Crippen LogP contribution in [-0.2, 0) is 17.9 Å². The molecule has 0 spiro atoms. The highest BCUT2D eigenvalue weighted by Crippen LogP contribution is 2.06. The standard InChI is InChI=1S/C12H13N3O3/c1-2-14-11(17)8-5-3-4-6-9(8)15(12(14)18)7-10(13)16/h3-6H,2,7H2,1H3,(H2,13,16). The number of amides is 1. The Kier molecular flexibility index (Phi) is 3.01. The Balaban J connectivity index is 2.95. The summed E-state index contributed by atoms with van der Waals surface area (Å²) < 4.78 is 2.31. The van der Waals surface area contributed by atoms with Crippen molar-refractivity contribution in [2.75, 3.05) is 0 Å². The molecule has 1 aromatic heterocycles. The molecule has 0 saturated carbocycles. The first-order valence-electron chi connectivity index (χ1n) is 5.57. The van der Waals surface area contributed by atoms with Crippen LogP contribution >= 0.6 is 0 Å². The van der Waals surface area contributed by atoms with E-state index < -0.39 is 11.6 Å². The lowest BCUT2D eigenvalue weighted by Gasteiger charge is -2.11. The molecule has 2 N–H and O–H groups in total. The summed E-state index contributed by atoms with van der Waals surface area (Å²) in [5, 5.41) is 0.403. The molecular formula is C12H13N3O3. The first kappa shape index (κ1) is 12.1. The van der Waals surface area contributed by atoms with Crippen molar-refractivity contribution >= 4 is 16.8 Å². The van der Waals surface area contributed by atoms with E-state index in [1.54, 1.807) is 31.2 Å². The molecule has 0 atom stereocenters. The van der Waals surface area contributed by atoms with E-state index in [4.69, 9.17) is 5.73 Å². The van der Waals surface area contributed by atoms with Crippen LogP contribution in [0.4, 0.5) is 0 Å². The highest BCUT2D eigenvalue weighted by atomic mass is 16.2. The molecule has 94 valence electrons. The van der Waals surface area contributed by atoms with Gasteiger partial charge in [-0.1, -0.05) is 12.1 Å². The van der Waals surface area contributed by atoms with E-state index in [0.29, 0.717) is 10.9 Å². The number of hydrogen-bond donors (Lipinski definition) is 1. The maximum atomic E-state index is 12.1. The van der Waals surface area contributed by atoms with E-state index in [2.05, 4.69) is 0 Å². The average molecular weight is 247 g/mol. The van der Waals surface area contributed by atoms with E-state index in [1.807, 2.05) is 0 Å². The smallest absolute Gasteiger partial charge is 0.331 e. The van der Waals surface area contributed by atoms with Crippen LogP contribution < -0.4 is 17.0 Å². The Morgan fingerprint density at radius 1 is 1.22 bits per heavy atom. The monoisotopic (exact) mass is 247 g/mol. The fourth-order valence-electron chi connectivity index (χ4n) is 1.96. The predicted molar refractivity (Wildman–Crippen MR) is 67.3 cm³/mol. The van der Waals surface area contributed by atoms with Gasteiger partial charge in [0, 0.05) is 6.54 Å². The Morgan fingerprint density at radius 3 is 2.50 bits per heavy atom. The second-order valence-electron chi connectivity index (χ2n) is 3.90. The van der Waals surface area contributed by atoms with Crippen LogP contribution in [0.15, 0.2) is 33.9 Å². The highest BCUT2D eigenvalue weighted by molar-refractivity contribution is 5.80. The third-order valence-corrected chi connectivity index (χ3v) is 2.76. The predicted octanol–water partition coefficient (Wildman–Crippen LogP) is -0.332. The van der Waals surface area contributed by atoms with E-state index in [0.717, 1.165) is 4.57 Å². The van der Waals surface area contributed by atoms with Crippen molar-refractivity contribution in [2.45, 2.75) is 20.0 Å². The number of benzene rings is 1. The number of nitrogens with two attached hydrogens (primary N) is 1. The molecule has 1 amide bonds. The number of aromatic nitrogens is 2. The van der Waals surface area contributed by atoms with Crippen LogP contribution in [0.1, 0.15) is 6.92 Å².